The highest BCUT2D eigenvalue weighted by atomic mass is 16.7. The fraction of sp³-hybridized carbons (Fsp3) is 0.600. The van der Waals surface area contributed by atoms with Gasteiger partial charge in [-0.2, -0.15) is 0 Å². The molecule has 1 aromatic rings. The number of benzene rings is 1. The van der Waals surface area contributed by atoms with Gasteiger partial charge in [-0.05, 0) is 13.0 Å². The monoisotopic (exact) mass is 298 g/mol. The lowest BCUT2D eigenvalue weighted by molar-refractivity contribution is 0.0407. The van der Waals surface area contributed by atoms with E-state index in [9.17, 15) is 0 Å². The van der Waals surface area contributed by atoms with E-state index in [1.807, 2.05) is 13.0 Å². The summed E-state index contributed by atoms with van der Waals surface area (Å²) >= 11 is 0. The smallest absolute Gasteiger partial charge is 0.188 e. The SMILES string of the molecule is CCOCC1Cc2cc(OCOC)cc(OCOC)c2O1. The van der Waals surface area contributed by atoms with Gasteiger partial charge in [-0.25, -0.2) is 0 Å². The van der Waals surface area contributed by atoms with E-state index >= 15 is 0 Å². The number of hydrogen-bond acceptors (Lipinski definition) is 6. The van der Waals surface area contributed by atoms with Crippen molar-refractivity contribution in [2.45, 2.75) is 19.4 Å². The first-order chi connectivity index (χ1) is 10.3. The Morgan fingerprint density at radius 1 is 1.14 bits per heavy atom. The highest BCUT2D eigenvalue weighted by Gasteiger charge is 2.27. The molecule has 1 atom stereocenters. The summed E-state index contributed by atoms with van der Waals surface area (Å²) in [7, 11) is 3.15. The van der Waals surface area contributed by atoms with E-state index in [2.05, 4.69) is 0 Å². The molecule has 1 aliphatic rings. The van der Waals surface area contributed by atoms with Crippen molar-refractivity contribution in [1.29, 1.82) is 0 Å². The molecule has 0 saturated carbocycles. The normalized spacial score (nSPS) is 16.4. The van der Waals surface area contributed by atoms with Gasteiger partial charge < -0.3 is 28.4 Å². The van der Waals surface area contributed by atoms with Gasteiger partial charge >= 0.3 is 0 Å². The molecule has 21 heavy (non-hydrogen) atoms. The van der Waals surface area contributed by atoms with Crippen LogP contribution in [0.3, 0.4) is 0 Å². The molecule has 0 spiro atoms. The summed E-state index contributed by atoms with van der Waals surface area (Å²) in [6.45, 7) is 3.53. The Morgan fingerprint density at radius 2 is 1.90 bits per heavy atom. The van der Waals surface area contributed by atoms with Gasteiger partial charge in [0.1, 0.15) is 11.9 Å². The zero-order valence-electron chi connectivity index (χ0n) is 12.7. The Labute approximate surface area is 124 Å². The Morgan fingerprint density at radius 3 is 2.62 bits per heavy atom. The number of hydrogen-bond donors (Lipinski definition) is 0. The number of fused-ring (bicyclic) bond motifs is 1. The van der Waals surface area contributed by atoms with Crippen LogP contribution in [0.2, 0.25) is 0 Å². The number of ether oxygens (including phenoxy) is 6. The summed E-state index contributed by atoms with van der Waals surface area (Å²) < 4.78 is 32.2. The Hall–Kier alpha value is -1.50. The molecular weight excluding hydrogens is 276 g/mol. The lowest BCUT2D eigenvalue weighted by Crippen LogP contribution is -2.20. The standard InChI is InChI=1S/C15H22O6/c1-4-18-8-13-6-11-5-12(19-9-16-2)7-14(15(11)21-13)20-10-17-3/h5,7,13H,4,6,8-10H2,1-3H3. The molecule has 1 unspecified atom stereocenters. The average Bonchev–Trinajstić information content (AvgIpc) is 2.91. The Bertz CT molecular complexity index is 448. The quantitative estimate of drug-likeness (QED) is 0.650. The molecule has 6 heteroatoms. The van der Waals surface area contributed by atoms with Gasteiger partial charge in [-0.3, -0.25) is 0 Å². The third-order valence-electron chi connectivity index (χ3n) is 3.02. The second-order valence-corrected chi connectivity index (χ2v) is 4.61. The molecule has 1 aromatic carbocycles. The maximum absolute atomic E-state index is 5.90. The van der Waals surface area contributed by atoms with Crippen LogP contribution < -0.4 is 14.2 Å². The van der Waals surface area contributed by atoms with Crippen LogP contribution in [0.5, 0.6) is 17.2 Å². The third kappa shape index (κ3) is 4.23. The largest absolute Gasteiger partial charge is 0.483 e. The molecule has 0 N–H and O–H groups in total. The molecule has 0 fully saturated rings. The highest BCUT2D eigenvalue weighted by molar-refractivity contribution is 5.54. The first-order valence-corrected chi connectivity index (χ1v) is 6.93. The van der Waals surface area contributed by atoms with Gasteiger partial charge in [0.05, 0.1) is 6.61 Å². The van der Waals surface area contributed by atoms with E-state index in [1.54, 1.807) is 20.3 Å². The molecule has 0 aromatic heterocycles. The van der Waals surface area contributed by atoms with E-state index in [4.69, 9.17) is 28.4 Å². The van der Waals surface area contributed by atoms with Crippen molar-refractivity contribution in [3.8, 4) is 17.2 Å². The lowest BCUT2D eigenvalue weighted by atomic mass is 10.1. The van der Waals surface area contributed by atoms with Crippen LogP contribution in [0.25, 0.3) is 0 Å². The first kappa shape index (κ1) is 15.9. The van der Waals surface area contributed by atoms with Crippen molar-refractivity contribution >= 4 is 0 Å². The van der Waals surface area contributed by atoms with Crippen LogP contribution >= 0.6 is 0 Å². The summed E-state index contributed by atoms with van der Waals surface area (Å²) in [4.78, 5) is 0. The summed E-state index contributed by atoms with van der Waals surface area (Å²) in [6.07, 6.45) is 0.769. The molecule has 1 heterocycles. The van der Waals surface area contributed by atoms with E-state index in [0.29, 0.717) is 24.7 Å². The van der Waals surface area contributed by atoms with Crippen LogP contribution in [0.1, 0.15) is 12.5 Å². The lowest BCUT2D eigenvalue weighted by Gasteiger charge is -2.14. The van der Waals surface area contributed by atoms with Crippen LogP contribution in [-0.2, 0) is 20.6 Å². The van der Waals surface area contributed by atoms with Gasteiger partial charge in [0.2, 0.25) is 0 Å². The van der Waals surface area contributed by atoms with E-state index < -0.39 is 0 Å². The topological polar surface area (TPSA) is 55.4 Å². The molecule has 6 nitrogen and oxygen atoms in total. The third-order valence-corrected chi connectivity index (χ3v) is 3.02. The Balaban J connectivity index is 2.14. The van der Waals surface area contributed by atoms with Crippen molar-refractivity contribution in [1.82, 2.24) is 0 Å². The Kier molecular flexibility index (Phi) is 6.10. The van der Waals surface area contributed by atoms with Crippen LogP contribution in [-0.4, -0.2) is 47.1 Å². The van der Waals surface area contributed by atoms with Crippen molar-refractivity contribution in [2.75, 3.05) is 41.0 Å². The molecule has 0 amide bonds. The van der Waals surface area contributed by atoms with Crippen molar-refractivity contribution in [3.63, 3.8) is 0 Å². The van der Waals surface area contributed by atoms with Gasteiger partial charge in [0.15, 0.2) is 25.1 Å². The molecule has 2 rings (SSSR count). The van der Waals surface area contributed by atoms with E-state index in [-0.39, 0.29) is 19.7 Å². The molecule has 118 valence electrons. The molecule has 0 saturated heterocycles. The summed E-state index contributed by atoms with van der Waals surface area (Å²) in [6, 6.07) is 3.72. The summed E-state index contributed by atoms with van der Waals surface area (Å²) in [5.74, 6) is 2.03. The maximum atomic E-state index is 5.90. The molecule has 0 bridgehead atoms. The fourth-order valence-corrected chi connectivity index (χ4v) is 2.15. The van der Waals surface area contributed by atoms with Crippen LogP contribution in [0.15, 0.2) is 12.1 Å². The van der Waals surface area contributed by atoms with Gasteiger partial charge in [-0.15, -0.1) is 0 Å². The highest BCUT2D eigenvalue weighted by Crippen LogP contribution is 2.41. The average molecular weight is 298 g/mol. The predicted octanol–water partition coefficient (Wildman–Crippen LogP) is 1.99. The molecule has 0 radical (unpaired) electrons. The van der Waals surface area contributed by atoms with Gasteiger partial charge in [0, 0.05) is 38.9 Å². The summed E-state index contributed by atoms with van der Waals surface area (Å²) in [5.41, 5.74) is 1.04. The number of methoxy groups -OCH3 is 2. The molecule has 0 aliphatic carbocycles. The first-order valence-electron chi connectivity index (χ1n) is 6.93. The minimum Gasteiger partial charge on any atom is -0.483 e. The molecular formula is C15H22O6. The zero-order valence-corrected chi connectivity index (χ0v) is 12.7. The number of rotatable bonds is 9. The fourth-order valence-electron chi connectivity index (χ4n) is 2.15. The zero-order chi connectivity index (χ0) is 15.1. The van der Waals surface area contributed by atoms with E-state index in [0.717, 1.165) is 17.7 Å². The van der Waals surface area contributed by atoms with Crippen molar-refractivity contribution in [3.05, 3.63) is 17.7 Å². The predicted molar refractivity (Wildman–Crippen MR) is 76.1 cm³/mol. The minimum absolute atomic E-state index is 0.00233. The van der Waals surface area contributed by atoms with E-state index in [1.165, 1.54) is 0 Å². The van der Waals surface area contributed by atoms with Gasteiger partial charge in [-0.1, -0.05) is 0 Å². The second-order valence-electron chi connectivity index (χ2n) is 4.61. The molecule has 1 aliphatic heterocycles. The second kappa shape index (κ2) is 8.07. The van der Waals surface area contributed by atoms with Crippen LogP contribution in [0.4, 0.5) is 0 Å². The van der Waals surface area contributed by atoms with Crippen molar-refractivity contribution in [2.24, 2.45) is 0 Å². The van der Waals surface area contributed by atoms with Crippen LogP contribution in [0, 0.1) is 0 Å². The van der Waals surface area contributed by atoms with Crippen molar-refractivity contribution < 1.29 is 28.4 Å². The minimum atomic E-state index is 0.00233. The van der Waals surface area contributed by atoms with Gasteiger partial charge in [0.25, 0.3) is 0 Å². The maximum Gasteiger partial charge on any atom is 0.188 e. The summed E-state index contributed by atoms with van der Waals surface area (Å²) in [5, 5.41) is 0.